The van der Waals surface area contributed by atoms with Crippen LogP contribution in [0.25, 0.3) is 0 Å². The maximum absolute atomic E-state index is 5.17. The smallest absolute Gasteiger partial charge is 0.0589 e. The van der Waals surface area contributed by atoms with Crippen molar-refractivity contribution in [2.45, 2.75) is 25.9 Å². The van der Waals surface area contributed by atoms with E-state index in [1.165, 1.54) is 5.56 Å². The fourth-order valence-corrected chi connectivity index (χ4v) is 2.75. The predicted octanol–water partition coefficient (Wildman–Crippen LogP) is 1.80. The SMILES string of the molecule is COCCN1CCN([C@@H](C)c2cccnc2)C[C@H]1C. The van der Waals surface area contributed by atoms with E-state index in [4.69, 9.17) is 4.74 Å². The lowest BCUT2D eigenvalue weighted by atomic mass is 10.1. The minimum absolute atomic E-state index is 0.445. The molecule has 0 N–H and O–H groups in total. The summed E-state index contributed by atoms with van der Waals surface area (Å²) < 4.78 is 5.17. The molecule has 2 heterocycles. The van der Waals surface area contributed by atoms with E-state index in [1.807, 2.05) is 18.5 Å². The zero-order chi connectivity index (χ0) is 13.7. The van der Waals surface area contributed by atoms with Crippen LogP contribution in [0.15, 0.2) is 24.5 Å². The molecule has 0 unspecified atom stereocenters. The summed E-state index contributed by atoms with van der Waals surface area (Å²) in [5.74, 6) is 0. The second-order valence-corrected chi connectivity index (χ2v) is 5.34. The van der Waals surface area contributed by atoms with Crippen molar-refractivity contribution in [2.75, 3.05) is 39.9 Å². The Morgan fingerprint density at radius 3 is 2.95 bits per heavy atom. The third-order valence-electron chi connectivity index (χ3n) is 4.09. The van der Waals surface area contributed by atoms with Gasteiger partial charge in [-0.3, -0.25) is 14.8 Å². The zero-order valence-corrected chi connectivity index (χ0v) is 12.2. The summed E-state index contributed by atoms with van der Waals surface area (Å²) in [6.07, 6.45) is 3.81. The Morgan fingerprint density at radius 2 is 2.32 bits per heavy atom. The highest BCUT2D eigenvalue weighted by Gasteiger charge is 2.26. The highest BCUT2D eigenvalue weighted by atomic mass is 16.5. The van der Waals surface area contributed by atoms with Crippen molar-refractivity contribution in [1.29, 1.82) is 0 Å². The highest BCUT2D eigenvalue weighted by molar-refractivity contribution is 5.13. The summed E-state index contributed by atoms with van der Waals surface area (Å²) in [7, 11) is 1.77. The van der Waals surface area contributed by atoms with Crippen molar-refractivity contribution in [3.8, 4) is 0 Å². The number of aromatic nitrogens is 1. The second-order valence-electron chi connectivity index (χ2n) is 5.34. The first-order valence-corrected chi connectivity index (χ1v) is 7.09. The predicted molar refractivity (Wildman–Crippen MR) is 77.1 cm³/mol. The van der Waals surface area contributed by atoms with Crippen LogP contribution in [0.2, 0.25) is 0 Å². The molecule has 1 aromatic rings. The van der Waals surface area contributed by atoms with E-state index in [0.717, 1.165) is 32.8 Å². The molecular weight excluding hydrogens is 238 g/mol. The molecule has 2 rings (SSSR count). The topological polar surface area (TPSA) is 28.6 Å². The van der Waals surface area contributed by atoms with E-state index in [1.54, 1.807) is 7.11 Å². The van der Waals surface area contributed by atoms with Crippen molar-refractivity contribution < 1.29 is 4.74 Å². The number of rotatable bonds is 5. The second kappa shape index (κ2) is 6.98. The zero-order valence-electron chi connectivity index (χ0n) is 12.2. The van der Waals surface area contributed by atoms with Gasteiger partial charge in [-0.15, -0.1) is 0 Å². The van der Waals surface area contributed by atoms with Crippen LogP contribution in [0, 0.1) is 0 Å². The molecule has 0 amide bonds. The molecule has 0 spiro atoms. The van der Waals surface area contributed by atoms with E-state index in [9.17, 15) is 0 Å². The van der Waals surface area contributed by atoms with Crippen molar-refractivity contribution >= 4 is 0 Å². The average molecular weight is 263 g/mol. The number of piperazine rings is 1. The van der Waals surface area contributed by atoms with Gasteiger partial charge >= 0.3 is 0 Å². The minimum atomic E-state index is 0.445. The monoisotopic (exact) mass is 263 g/mol. The number of pyridine rings is 1. The maximum atomic E-state index is 5.17. The van der Waals surface area contributed by atoms with Crippen molar-refractivity contribution in [2.24, 2.45) is 0 Å². The Labute approximate surface area is 116 Å². The van der Waals surface area contributed by atoms with E-state index in [2.05, 4.69) is 34.7 Å². The number of hydrogen-bond donors (Lipinski definition) is 0. The van der Waals surface area contributed by atoms with Gasteiger partial charge in [0.05, 0.1) is 6.61 Å². The van der Waals surface area contributed by atoms with Crippen LogP contribution in [0.1, 0.15) is 25.5 Å². The first kappa shape index (κ1) is 14.4. The normalized spacial score (nSPS) is 23.4. The molecule has 0 saturated carbocycles. The third kappa shape index (κ3) is 3.75. The molecule has 0 bridgehead atoms. The fraction of sp³-hybridized carbons (Fsp3) is 0.667. The van der Waals surface area contributed by atoms with Crippen LogP contribution in [0.5, 0.6) is 0 Å². The standard InChI is InChI=1S/C15H25N3O/c1-13-12-18(8-7-17(13)9-10-19-3)14(2)15-5-4-6-16-11-15/h4-6,11,13-14H,7-10,12H2,1-3H3/t13-,14+/m1/s1. The van der Waals surface area contributed by atoms with E-state index >= 15 is 0 Å². The Hall–Kier alpha value is -0.970. The first-order chi connectivity index (χ1) is 9.22. The molecule has 1 fully saturated rings. The van der Waals surface area contributed by atoms with E-state index in [-0.39, 0.29) is 0 Å². The summed E-state index contributed by atoms with van der Waals surface area (Å²) >= 11 is 0. The molecule has 4 heteroatoms. The summed E-state index contributed by atoms with van der Waals surface area (Å²) in [6.45, 7) is 9.78. The lowest BCUT2D eigenvalue weighted by molar-refractivity contribution is 0.0418. The Bertz CT molecular complexity index is 371. The molecule has 4 nitrogen and oxygen atoms in total. The van der Waals surface area contributed by atoms with Gasteiger partial charge in [0, 0.05) is 57.8 Å². The van der Waals surface area contributed by atoms with Crippen LogP contribution in [0.4, 0.5) is 0 Å². The third-order valence-corrected chi connectivity index (χ3v) is 4.09. The Balaban J connectivity index is 1.91. The van der Waals surface area contributed by atoms with E-state index < -0.39 is 0 Å². The van der Waals surface area contributed by atoms with Gasteiger partial charge in [0.25, 0.3) is 0 Å². The molecular formula is C15H25N3O. The van der Waals surface area contributed by atoms with Gasteiger partial charge in [0.2, 0.25) is 0 Å². The average Bonchev–Trinajstić information content (AvgIpc) is 2.46. The number of ether oxygens (including phenoxy) is 1. The van der Waals surface area contributed by atoms with Crippen molar-refractivity contribution in [1.82, 2.24) is 14.8 Å². The molecule has 106 valence electrons. The summed E-state index contributed by atoms with van der Waals surface area (Å²) in [5.41, 5.74) is 1.31. The van der Waals surface area contributed by atoms with Gasteiger partial charge in [0.15, 0.2) is 0 Å². The summed E-state index contributed by atoms with van der Waals surface area (Å²) in [4.78, 5) is 9.28. The quantitative estimate of drug-likeness (QED) is 0.810. The van der Waals surface area contributed by atoms with Crippen molar-refractivity contribution in [3.05, 3.63) is 30.1 Å². The van der Waals surface area contributed by atoms with Crippen LogP contribution < -0.4 is 0 Å². The van der Waals surface area contributed by atoms with Gasteiger partial charge in [-0.25, -0.2) is 0 Å². The molecule has 19 heavy (non-hydrogen) atoms. The lowest BCUT2D eigenvalue weighted by Crippen LogP contribution is -2.53. The molecule has 1 saturated heterocycles. The van der Waals surface area contributed by atoms with Gasteiger partial charge in [-0.1, -0.05) is 6.07 Å². The van der Waals surface area contributed by atoms with Gasteiger partial charge in [-0.2, -0.15) is 0 Å². The number of nitrogens with zero attached hydrogens (tertiary/aromatic N) is 3. The van der Waals surface area contributed by atoms with Crippen LogP contribution in [0.3, 0.4) is 0 Å². The Kier molecular flexibility index (Phi) is 5.31. The molecule has 1 aromatic heterocycles. The van der Waals surface area contributed by atoms with Gasteiger partial charge < -0.3 is 4.74 Å². The van der Waals surface area contributed by atoms with Crippen LogP contribution in [-0.2, 0) is 4.74 Å². The molecule has 0 radical (unpaired) electrons. The van der Waals surface area contributed by atoms with Crippen LogP contribution in [-0.4, -0.2) is 60.7 Å². The molecule has 1 aliphatic heterocycles. The first-order valence-electron chi connectivity index (χ1n) is 7.09. The van der Waals surface area contributed by atoms with Gasteiger partial charge in [0.1, 0.15) is 0 Å². The maximum Gasteiger partial charge on any atom is 0.0589 e. The number of hydrogen-bond acceptors (Lipinski definition) is 4. The fourth-order valence-electron chi connectivity index (χ4n) is 2.75. The summed E-state index contributed by atoms with van der Waals surface area (Å²) in [5, 5.41) is 0. The molecule has 2 atom stereocenters. The minimum Gasteiger partial charge on any atom is -0.383 e. The van der Waals surface area contributed by atoms with Crippen LogP contribution >= 0.6 is 0 Å². The Morgan fingerprint density at radius 1 is 1.47 bits per heavy atom. The lowest BCUT2D eigenvalue weighted by Gasteiger charge is -2.42. The van der Waals surface area contributed by atoms with E-state index in [0.29, 0.717) is 12.1 Å². The molecule has 0 aromatic carbocycles. The van der Waals surface area contributed by atoms with Crippen molar-refractivity contribution in [3.63, 3.8) is 0 Å². The largest absolute Gasteiger partial charge is 0.383 e. The molecule has 1 aliphatic rings. The highest BCUT2D eigenvalue weighted by Crippen LogP contribution is 2.22. The molecule has 0 aliphatic carbocycles. The summed E-state index contributed by atoms with van der Waals surface area (Å²) in [6, 6.07) is 5.22. The number of methoxy groups -OCH3 is 1. The van der Waals surface area contributed by atoms with Gasteiger partial charge in [-0.05, 0) is 25.5 Å².